The van der Waals surface area contributed by atoms with Gasteiger partial charge in [0.2, 0.25) is 0 Å². The normalized spacial score (nSPS) is 11.1. The molecule has 1 nitrogen and oxygen atoms in total. The zero-order valence-electron chi connectivity index (χ0n) is 7.59. The van der Waals surface area contributed by atoms with Gasteiger partial charge in [0.1, 0.15) is 5.75 Å². The van der Waals surface area contributed by atoms with Crippen molar-refractivity contribution in [2.24, 2.45) is 0 Å². The summed E-state index contributed by atoms with van der Waals surface area (Å²) in [5, 5.41) is 9.36. The van der Waals surface area contributed by atoms with Gasteiger partial charge in [-0.05, 0) is 24.5 Å². The highest BCUT2D eigenvalue weighted by Gasteiger charge is 1.96. The Bertz CT molecular complexity index is 235. The molecular formula is C10H14O. The van der Waals surface area contributed by atoms with Gasteiger partial charge in [0.15, 0.2) is 0 Å². The molecule has 0 unspecified atom stereocenters. The van der Waals surface area contributed by atoms with Crippen molar-refractivity contribution < 1.29 is 6.48 Å². The summed E-state index contributed by atoms with van der Waals surface area (Å²) < 4.78 is 6.96. The number of rotatable bonds is 3. The molecule has 0 bridgehead atoms. The SMILES string of the molecule is [3H]CCCCc1ccccc1O. The van der Waals surface area contributed by atoms with Crippen LogP contribution in [0.4, 0.5) is 0 Å². The molecule has 1 N–H and O–H groups in total. The number of unbranched alkanes of at least 4 members (excludes halogenated alkanes) is 1. The minimum absolute atomic E-state index is 0.377. The zero-order chi connectivity index (χ0) is 8.81. The van der Waals surface area contributed by atoms with Crippen molar-refractivity contribution in [2.45, 2.75) is 26.2 Å². The standard InChI is InChI=1S/C10H14O/c1-2-3-6-9-7-4-5-8-10(9)11/h4-5,7-8,11H,2-3,6H2,1H3/i1T. The van der Waals surface area contributed by atoms with E-state index in [1.165, 1.54) is 0 Å². The van der Waals surface area contributed by atoms with Crippen molar-refractivity contribution in [3.8, 4) is 5.75 Å². The molecule has 0 aliphatic heterocycles. The van der Waals surface area contributed by atoms with Crippen LogP contribution in [0.5, 0.6) is 5.75 Å². The summed E-state index contributed by atoms with van der Waals surface area (Å²) in [6, 6.07) is 7.38. The molecule has 0 fully saturated rings. The summed E-state index contributed by atoms with van der Waals surface area (Å²) in [5.74, 6) is 0.377. The third-order valence-corrected chi connectivity index (χ3v) is 1.69. The van der Waals surface area contributed by atoms with E-state index >= 15 is 0 Å². The number of phenolic OH excluding ortho intramolecular Hbond substituents is 1. The summed E-state index contributed by atoms with van der Waals surface area (Å²) in [6.07, 6.45) is 2.78. The van der Waals surface area contributed by atoms with Crippen LogP contribution in [0.15, 0.2) is 24.3 Å². The van der Waals surface area contributed by atoms with Gasteiger partial charge in [0, 0.05) is 1.37 Å². The van der Waals surface area contributed by atoms with E-state index in [0.717, 1.165) is 24.8 Å². The largest absolute Gasteiger partial charge is 0.508 e. The molecule has 1 rings (SSSR count). The lowest BCUT2D eigenvalue weighted by atomic mass is 10.1. The summed E-state index contributed by atoms with van der Waals surface area (Å²) in [6.45, 7) is 0.480. The highest BCUT2D eigenvalue weighted by Crippen LogP contribution is 2.17. The first-order chi connectivity index (χ1) is 5.84. The van der Waals surface area contributed by atoms with Gasteiger partial charge in [-0.3, -0.25) is 0 Å². The molecule has 60 valence electrons. The molecule has 0 radical (unpaired) electrons. The molecule has 1 heteroatoms. The van der Waals surface area contributed by atoms with Crippen molar-refractivity contribution >= 4 is 0 Å². The van der Waals surface area contributed by atoms with Gasteiger partial charge < -0.3 is 5.11 Å². The molecule has 0 saturated heterocycles. The van der Waals surface area contributed by atoms with Crippen LogP contribution in [0.25, 0.3) is 0 Å². The van der Waals surface area contributed by atoms with Crippen LogP contribution in [0, 0.1) is 0 Å². The highest BCUT2D eigenvalue weighted by atomic mass is 16.3. The first kappa shape index (κ1) is 6.71. The fourth-order valence-corrected chi connectivity index (χ4v) is 1.04. The van der Waals surface area contributed by atoms with Crippen LogP contribution in [0.3, 0.4) is 0 Å². The maximum Gasteiger partial charge on any atom is 0.118 e. The molecular weight excluding hydrogens is 136 g/mol. The monoisotopic (exact) mass is 152 g/mol. The Morgan fingerprint density at radius 1 is 1.45 bits per heavy atom. The van der Waals surface area contributed by atoms with Gasteiger partial charge in [-0.2, -0.15) is 0 Å². The molecule has 11 heavy (non-hydrogen) atoms. The molecule has 0 spiro atoms. The van der Waals surface area contributed by atoms with Gasteiger partial charge >= 0.3 is 0 Å². The zero-order valence-corrected chi connectivity index (χ0v) is 6.59. The first-order valence-electron chi connectivity index (χ1n) is 4.61. The van der Waals surface area contributed by atoms with Gasteiger partial charge in [0.05, 0.1) is 0 Å². The smallest absolute Gasteiger partial charge is 0.118 e. The maximum absolute atomic E-state index is 9.36. The minimum atomic E-state index is 0.377. The first-order valence-corrected chi connectivity index (χ1v) is 3.90. The minimum Gasteiger partial charge on any atom is -0.508 e. The number of aromatic hydroxyl groups is 1. The maximum atomic E-state index is 9.36. The Kier molecular flexibility index (Phi) is 2.45. The Morgan fingerprint density at radius 3 is 3.00 bits per heavy atom. The number of benzene rings is 1. The lowest BCUT2D eigenvalue weighted by Crippen LogP contribution is -1.83. The summed E-state index contributed by atoms with van der Waals surface area (Å²) >= 11 is 0. The number of aryl methyl sites for hydroxylation is 1. The van der Waals surface area contributed by atoms with Crippen LogP contribution in [0.2, 0.25) is 0 Å². The van der Waals surface area contributed by atoms with Crippen LogP contribution in [-0.2, 0) is 6.42 Å². The Labute approximate surface area is 69.1 Å². The predicted octanol–water partition coefficient (Wildman–Crippen LogP) is 2.73. The molecule has 0 aliphatic carbocycles. The number of hydrogen-bond acceptors (Lipinski definition) is 1. The fraction of sp³-hybridized carbons (Fsp3) is 0.400. The van der Waals surface area contributed by atoms with Gasteiger partial charge in [-0.15, -0.1) is 0 Å². The average molecular weight is 152 g/mol. The lowest BCUT2D eigenvalue weighted by molar-refractivity contribution is 0.467. The van der Waals surface area contributed by atoms with E-state index in [9.17, 15) is 5.11 Å². The van der Waals surface area contributed by atoms with Crippen molar-refractivity contribution in [3.05, 3.63) is 29.8 Å². The van der Waals surface area contributed by atoms with Crippen LogP contribution < -0.4 is 0 Å². The molecule has 0 saturated carbocycles. The highest BCUT2D eigenvalue weighted by molar-refractivity contribution is 5.31. The quantitative estimate of drug-likeness (QED) is 0.660. The molecule has 1 aromatic rings. The lowest BCUT2D eigenvalue weighted by Gasteiger charge is -2.01. The summed E-state index contributed by atoms with van der Waals surface area (Å²) in [5.41, 5.74) is 0.992. The van der Waals surface area contributed by atoms with E-state index in [-0.39, 0.29) is 0 Å². The molecule has 0 heterocycles. The van der Waals surface area contributed by atoms with Crippen molar-refractivity contribution in [2.75, 3.05) is 0 Å². The van der Waals surface area contributed by atoms with Gasteiger partial charge in [-0.1, -0.05) is 31.5 Å². The van der Waals surface area contributed by atoms with E-state index in [0.29, 0.717) is 12.6 Å². The van der Waals surface area contributed by atoms with Gasteiger partial charge in [0.25, 0.3) is 0 Å². The van der Waals surface area contributed by atoms with E-state index in [1.807, 2.05) is 18.2 Å². The van der Waals surface area contributed by atoms with E-state index < -0.39 is 0 Å². The van der Waals surface area contributed by atoms with E-state index in [2.05, 4.69) is 0 Å². The molecule has 0 aromatic heterocycles. The number of phenols is 1. The molecule has 1 aromatic carbocycles. The second-order valence-electron chi connectivity index (χ2n) is 2.59. The van der Waals surface area contributed by atoms with E-state index in [1.54, 1.807) is 6.07 Å². The van der Waals surface area contributed by atoms with Crippen LogP contribution >= 0.6 is 0 Å². The van der Waals surface area contributed by atoms with E-state index in [4.69, 9.17) is 1.37 Å². The Morgan fingerprint density at radius 2 is 2.27 bits per heavy atom. The predicted molar refractivity (Wildman–Crippen MR) is 46.7 cm³/mol. The second-order valence-corrected chi connectivity index (χ2v) is 2.59. The number of hydrogen-bond donors (Lipinski definition) is 1. The second kappa shape index (κ2) is 4.02. The fourth-order valence-electron chi connectivity index (χ4n) is 1.04. The van der Waals surface area contributed by atoms with Crippen LogP contribution in [-0.4, -0.2) is 5.11 Å². The number of para-hydroxylation sites is 1. The van der Waals surface area contributed by atoms with Crippen molar-refractivity contribution in [1.82, 2.24) is 0 Å². The topological polar surface area (TPSA) is 20.2 Å². The third kappa shape index (κ3) is 2.26. The Hall–Kier alpha value is -0.980. The third-order valence-electron chi connectivity index (χ3n) is 1.69. The van der Waals surface area contributed by atoms with Crippen molar-refractivity contribution in [1.29, 1.82) is 0 Å². The summed E-state index contributed by atoms with van der Waals surface area (Å²) in [7, 11) is 0. The van der Waals surface area contributed by atoms with Crippen LogP contribution in [0.1, 0.15) is 26.7 Å². The Balaban J connectivity index is 2.46. The summed E-state index contributed by atoms with van der Waals surface area (Å²) in [4.78, 5) is 0. The van der Waals surface area contributed by atoms with Crippen molar-refractivity contribution in [3.63, 3.8) is 0 Å². The molecule has 0 aliphatic rings. The van der Waals surface area contributed by atoms with Gasteiger partial charge in [-0.25, -0.2) is 0 Å². The average Bonchev–Trinajstić information content (AvgIpc) is 2.09. The molecule has 0 amide bonds. The molecule has 0 atom stereocenters.